The van der Waals surface area contributed by atoms with Crippen molar-refractivity contribution in [2.24, 2.45) is 0 Å². The van der Waals surface area contributed by atoms with Gasteiger partial charge in [-0.05, 0) is 13.8 Å². The van der Waals surface area contributed by atoms with Crippen molar-refractivity contribution in [3.63, 3.8) is 0 Å². The van der Waals surface area contributed by atoms with Crippen LogP contribution in [0.1, 0.15) is 11.5 Å². The summed E-state index contributed by atoms with van der Waals surface area (Å²) >= 11 is 1.33. The summed E-state index contributed by atoms with van der Waals surface area (Å²) in [5, 5.41) is 1.82. The first-order chi connectivity index (χ1) is 6.41. The zero-order valence-electron chi connectivity index (χ0n) is 7.48. The van der Waals surface area contributed by atoms with Gasteiger partial charge in [0.2, 0.25) is 5.03 Å². The Bertz CT molecular complexity index is 597. The molecule has 4 nitrogen and oxygen atoms in total. The van der Waals surface area contributed by atoms with Gasteiger partial charge in [-0.15, -0.1) is 11.3 Å². The molecule has 0 saturated heterocycles. The Kier molecular flexibility index (Phi) is 2.09. The van der Waals surface area contributed by atoms with Crippen molar-refractivity contribution in [2.75, 3.05) is 0 Å². The molecule has 2 aromatic heterocycles. The molecule has 0 atom stereocenters. The Morgan fingerprint density at radius 3 is 2.71 bits per heavy atom. The highest BCUT2D eigenvalue weighted by Crippen LogP contribution is 2.27. The molecule has 0 bridgehead atoms. The molecular formula is C7H7ClN2O2S2. The van der Waals surface area contributed by atoms with Gasteiger partial charge in [0.25, 0.3) is 9.05 Å². The molecule has 0 aliphatic rings. The van der Waals surface area contributed by atoms with Crippen LogP contribution in [0.5, 0.6) is 0 Å². The number of hydrogen-bond acceptors (Lipinski definition) is 4. The molecule has 0 radical (unpaired) electrons. The molecule has 0 unspecified atom stereocenters. The van der Waals surface area contributed by atoms with Crippen LogP contribution in [0, 0.1) is 13.8 Å². The third-order valence-electron chi connectivity index (χ3n) is 1.90. The van der Waals surface area contributed by atoms with E-state index >= 15 is 0 Å². The minimum Gasteiger partial charge on any atom is -0.291 e. The quantitative estimate of drug-likeness (QED) is 0.727. The van der Waals surface area contributed by atoms with E-state index in [1.807, 2.05) is 12.3 Å². The molecular weight excluding hydrogens is 244 g/mol. The van der Waals surface area contributed by atoms with Gasteiger partial charge in [-0.3, -0.25) is 4.40 Å². The maximum absolute atomic E-state index is 11.2. The first kappa shape index (κ1) is 9.95. The first-order valence-electron chi connectivity index (χ1n) is 3.79. The number of rotatable bonds is 1. The molecule has 2 heterocycles. The van der Waals surface area contributed by atoms with Crippen LogP contribution in [0.4, 0.5) is 0 Å². The van der Waals surface area contributed by atoms with Crippen molar-refractivity contribution in [1.29, 1.82) is 0 Å². The van der Waals surface area contributed by atoms with Gasteiger partial charge in [-0.2, -0.15) is 0 Å². The highest BCUT2D eigenvalue weighted by atomic mass is 35.7. The fourth-order valence-electron chi connectivity index (χ4n) is 1.36. The number of halogens is 1. The largest absolute Gasteiger partial charge is 0.291 e. The molecule has 2 aromatic rings. The lowest BCUT2D eigenvalue weighted by Crippen LogP contribution is -1.90. The zero-order valence-corrected chi connectivity index (χ0v) is 9.87. The lowest BCUT2D eigenvalue weighted by molar-refractivity contribution is 0.607. The van der Waals surface area contributed by atoms with Gasteiger partial charge in [0, 0.05) is 21.8 Å². The van der Waals surface area contributed by atoms with Gasteiger partial charge in [0.1, 0.15) is 10.7 Å². The van der Waals surface area contributed by atoms with Crippen molar-refractivity contribution in [1.82, 2.24) is 9.38 Å². The Balaban J connectivity index is 2.94. The normalized spacial score (nSPS) is 12.5. The highest BCUT2D eigenvalue weighted by Gasteiger charge is 2.21. The molecule has 0 aromatic carbocycles. The van der Waals surface area contributed by atoms with Gasteiger partial charge in [0.05, 0.1) is 0 Å². The Morgan fingerprint density at radius 1 is 1.50 bits per heavy atom. The lowest BCUT2D eigenvalue weighted by Gasteiger charge is -1.89. The van der Waals surface area contributed by atoms with E-state index in [0.29, 0.717) is 10.7 Å². The average Bonchev–Trinajstić information content (AvgIpc) is 2.54. The van der Waals surface area contributed by atoms with E-state index in [2.05, 4.69) is 4.98 Å². The molecule has 0 fully saturated rings. The van der Waals surface area contributed by atoms with Gasteiger partial charge in [-0.25, -0.2) is 13.4 Å². The fraction of sp³-hybridized carbons (Fsp3) is 0.286. The number of thiazole rings is 1. The van der Waals surface area contributed by atoms with Crippen LogP contribution in [0.2, 0.25) is 0 Å². The minimum absolute atomic E-state index is 0.0465. The fourth-order valence-corrected chi connectivity index (χ4v) is 3.75. The van der Waals surface area contributed by atoms with Crippen LogP contribution in [-0.4, -0.2) is 17.8 Å². The van der Waals surface area contributed by atoms with Crippen molar-refractivity contribution in [2.45, 2.75) is 18.9 Å². The highest BCUT2D eigenvalue weighted by molar-refractivity contribution is 8.13. The Morgan fingerprint density at radius 2 is 2.14 bits per heavy atom. The zero-order chi connectivity index (χ0) is 10.5. The molecule has 0 spiro atoms. The predicted octanol–water partition coefficient (Wildman–Crippen LogP) is 1.94. The summed E-state index contributed by atoms with van der Waals surface area (Å²) in [5.41, 5.74) is 0.960. The molecule has 2 rings (SSSR count). The van der Waals surface area contributed by atoms with Gasteiger partial charge in [0.15, 0.2) is 0 Å². The van der Waals surface area contributed by atoms with Crippen molar-refractivity contribution < 1.29 is 8.42 Å². The Labute approximate surface area is 89.6 Å². The second-order valence-electron chi connectivity index (χ2n) is 2.92. The summed E-state index contributed by atoms with van der Waals surface area (Å²) in [6, 6.07) is 0. The summed E-state index contributed by atoms with van der Waals surface area (Å²) in [6.45, 7) is 3.64. The van der Waals surface area contributed by atoms with Crippen LogP contribution in [-0.2, 0) is 9.05 Å². The van der Waals surface area contributed by atoms with E-state index in [-0.39, 0.29) is 5.03 Å². The SMILES string of the molecule is Cc1csc2c(S(=O)(=O)Cl)nc(C)n12. The van der Waals surface area contributed by atoms with Crippen molar-refractivity contribution in [3.05, 3.63) is 16.9 Å². The molecule has 0 amide bonds. The predicted molar refractivity (Wildman–Crippen MR) is 55.6 cm³/mol. The first-order valence-corrected chi connectivity index (χ1v) is 6.98. The van der Waals surface area contributed by atoms with Gasteiger partial charge in [-0.1, -0.05) is 0 Å². The van der Waals surface area contributed by atoms with E-state index < -0.39 is 9.05 Å². The third-order valence-corrected chi connectivity index (χ3v) is 4.27. The second-order valence-corrected chi connectivity index (χ2v) is 6.26. The van der Waals surface area contributed by atoms with Crippen LogP contribution in [0.15, 0.2) is 10.4 Å². The number of imidazole rings is 1. The number of hydrogen-bond donors (Lipinski definition) is 0. The summed E-state index contributed by atoms with van der Waals surface area (Å²) < 4.78 is 24.1. The minimum atomic E-state index is -3.74. The van der Waals surface area contributed by atoms with Gasteiger partial charge < -0.3 is 0 Å². The van der Waals surface area contributed by atoms with E-state index in [1.165, 1.54) is 11.3 Å². The number of fused-ring (bicyclic) bond motifs is 1. The van der Waals surface area contributed by atoms with Crippen molar-refractivity contribution >= 4 is 35.9 Å². The third kappa shape index (κ3) is 1.34. The summed E-state index contributed by atoms with van der Waals surface area (Å²) in [5.74, 6) is 0.637. The van der Waals surface area contributed by atoms with Crippen LogP contribution in [0.3, 0.4) is 0 Å². The van der Waals surface area contributed by atoms with Crippen LogP contribution < -0.4 is 0 Å². The molecule has 0 N–H and O–H groups in total. The van der Waals surface area contributed by atoms with Gasteiger partial charge >= 0.3 is 0 Å². The maximum atomic E-state index is 11.2. The summed E-state index contributed by atoms with van der Waals surface area (Å²) in [6.07, 6.45) is 0. The Hall–Kier alpha value is -0.590. The summed E-state index contributed by atoms with van der Waals surface area (Å²) in [4.78, 5) is 4.51. The summed E-state index contributed by atoms with van der Waals surface area (Å²) in [7, 11) is 1.52. The number of nitrogens with zero attached hydrogens (tertiary/aromatic N) is 2. The second kappa shape index (κ2) is 2.95. The molecule has 0 aliphatic heterocycles. The molecule has 7 heteroatoms. The van der Waals surface area contributed by atoms with E-state index in [0.717, 1.165) is 5.69 Å². The molecule has 0 aliphatic carbocycles. The average molecular weight is 251 g/mol. The van der Waals surface area contributed by atoms with E-state index in [4.69, 9.17) is 10.7 Å². The molecule has 0 saturated carbocycles. The lowest BCUT2D eigenvalue weighted by atomic mass is 10.5. The number of aromatic nitrogens is 2. The molecule has 14 heavy (non-hydrogen) atoms. The van der Waals surface area contributed by atoms with Crippen LogP contribution >= 0.6 is 22.0 Å². The standard InChI is InChI=1S/C7H7ClN2O2S2/c1-4-3-13-7-6(14(8,11)12)9-5(2)10(4)7/h3H,1-2H3. The van der Waals surface area contributed by atoms with Crippen LogP contribution in [0.25, 0.3) is 4.83 Å². The molecule has 76 valence electrons. The topological polar surface area (TPSA) is 51.4 Å². The van der Waals surface area contributed by atoms with E-state index in [9.17, 15) is 8.42 Å². The monoisotopic (exact) mass is 250 g/mol. The van der Waals surface area contributed by atoms with E-state index in [1.54, 1.807) is 11.3 Å². The van der Waals surface area contributed by atoms with Crippen molar-refractivity contribution in [3.8, 4) is 0 Å². The number of aryl methyl sites for hydroxylation is 2. The maximum Gasteiger partial charge on any atom is 0.281 e. The smallest absolute Gasteiger partial charge is 0.281 e.